The first kappa shape index (κ1) is 13.0. The van der Waals surface area contributed by atoms with E-state index in [1.165, 1.54) is 48.1 Å². The molecule has 0 saturated carbocycles. The van der Waals surface area contributed by atoms with Crippen LogP contribution in [0.25, 0.3) is 11.2 Å². The number of pyridine rings is 1. The Balaban J connectivity index is 1.83. The van der Waals surface area contributed by atoms with E-state index in [0.717, 1.165) is 11.2 Å². The van der Waals surface area contributed by atoms with Crippen molar-refractivity contribution in [2.24, 2.45) is 0 Å². The highest BCUT2D eigenvalue weighted by molar-refractivity contribution is 7.99. The van der Waals surface area contributed by atoms with Gasteiger partial charge in [-0.05, 0) is 42.9 Å². The topological polar surface area (TPSA) is 30.7 Å². The first-order chi connectivity index (χ1) is 9.93. The quantitative estimate of drug-likeness (QED) is 0.846. The minimum absolute atomic E-state index is 0.592. The Morgan fingerprint density at radius 1 is 1.15 bits per heavy atom. The van der Waals surface area contributed by atoms with E-state index >= 15 is 0 Å². The Labute approximate surface area is 127 Å². The van der Waals surface area contributed by atoms with Crippen LogP contribution >= 0.6 is 23.5 Å². The van der Waals surface area contributed by atoms with Crippen LogP contribution in [0.2, 0.25) is 0 Å². The molecular weight excluding hydrogens is 286 g/mol. The molecule has 3 nitrogen and oxygen atoms in total. The lowest BCUT2D eigenvalue weighted by Gasteiger charge is -2.26. The molecule has 2 aliphatic rings. The number of imidazole rings is 1. The van der Waals surface area contributed by atoms with Gasteiger partial charge in [0.2, 0.25) is 0 Å². The third kappa shape index (κ3) is 2.25. The van der Waals surface area contributed by atoms with E-state index in [9.17, 15) is 0 Å². The maximum atomic E-state index is 4.95. The molecule has 2 aromatic rings. The summed E-state index contributed by atoms with van der Waals surface area (Å²) in [6.07, 6.45) is 5.78. The standard InChI is InChI=1S/C15H19N3S2/c1-4-13-15(16-6-1)18(12-3-2-7-19-10-12)14(17-13)11-5-8-20-9-11/h1,4,6,11-12H,2-3,5,7-10H2. The Morgan fingerprint density at radius 2 is 2.10 bits per heavy atom. The minimum Gasteiger partial charge on any atom is -0.308 e. The smallest absolute Gasteiger partial charge is 0.160 e. The molecule has 5 heteroatoms. The van der Waals surface area contributed by atoms with Gasteiger partial charge in [-0.15, -0.1) is 0 Å². The van der Waals surface area contributed by atoms with Crippen LogP contribution in [-0.4, -0.2) is 37.5 Å². The largest absolute Gasteiger partial charge is 0.308 e. The highest BCUT2D eigenvalue weighted by Crippen LogP contribution is 2.37. The van der Waals surface area contributed by atoms with Gasteiger partial charge in [-0.3, -0.25) is 0 Å². The second-order valence-electron chi connectivity index (χ2n) is 5.62. The van der Waals surface area contributed by atoms with Gasteiger partial charge in [0, 0.05) is 29.7 Å². The van der Waals surface area contributed by atoms with Crippen LogP contribution in [0.3, 0.4) is 0 Å². The molecular formula is C15H19N3S2. The molecule has 0 aromatic carbocycles. The van der Waals surface area contributed by atoms with Gasteiger partial charge in [0.1, 0.15) is 11.3 Å². The van der Waals surface area contributed by atoms with Crippen LogP contribution in [0.5, 0.6) is 0 Å². The summed E-state index contributed by atoms with van der Waals surface area (Å²) in [6, 6.07) is 4.71. The molecule has 0 N–H and O–H groups in total. The Kier molecular flexibility index (Phi) is 3.65. The molecule has 2 fully saturated rings. The maximum Gasteiger partial charge on any atom is 0.160 e. The van der Waals surface area contributed by atoms with E-state index in [0.29, 0.717) is 12.0 Å². The van der Waals surface area contributed by atoms with E-state index < -0.39 is 0 Å². The van der Waals surface area contributed by atoms with Gasteiger partial charge < -0.3 is 4.57 Å². The average Bonchev–Trinajstić information content (AvgIpc) is 3.15. The fourth-order valence-electron chi connectivity index (χ4n) is 3.26. The van der Waals surface area contributed by atoms with E-state index in [2.05, 4.69) is 39.1 Å². The Morgan fingerprint density at radius 3 is 2.90 bits per heavy atom. The van der Waals surface area contributed by atoms with Crippen molar-refractivity contribution in [3.8, 4) is 0 Å². The van der Waals surface area contributed by atoms with E-state index in [4.69, 9.17) is 4.98 Å². The molecule has 20 heavy (non-hydrogen) atoms. The molecule has 2 aliphatic heterocycles. The second-order valence-corrected chi connectivity index (χ2v) is 7.92. The number of thioether (sulfide) groups is 2. The van der Waals surface area contributed by atoms with E-state index in [-0.39, 0.29) is 0 Å². The molecule has 4 heterocycles. The van der Waals surface area contributed by atoms with Crippen LogP contribution in [0.15, 0.2) is 18.3 Å². The predicted octanol–water partition coefficient (Wildman–Crippen LogP) is 3.72. The second kappa shape index (κ2) is 5.60. The molecule has 106 valence electrons. The van der Waals surface area contributed by atoms with Crippen LogP contribution in [-0.2, 0) is 0 Å². The minimum atomic E-state index is 0.592. The van der Waals surface area contributed by atoms with Crippen molar-refractivity contribution in [3.05, 3.63) is 24.2 Å². The third-order valence-corrected chi connectivity index (χ3v) is 6.63. The molecule has 2 atom stereocenters. The Bertz CT molecular complexity index is 598. The zero-order valence-electron chi connectivity index (χ0n) is 11.5. The lowest BCUT2D eigenvalue weighted by Crippen LogP contribution is -2.20. The summed E-state index contributed by atoms with van der Waals surface area (Å²) in [5, 5.41) is 0. The normalized spacial score (nSPS) is 27.2. The SMILES string of the molecule is c1cnc2c(c1)nc(C1CCSC1)n2C1CCCSC1. The van der Waals surface area contributed by atoms with Gasteiger partial charge in [-0.25, -0.2) is 9.97 Å². The number of aromatic nitrogens is 3. The predicted molar refractivity (Wildman–Crippen MR) is 87.8 cm³/mol. The summed E-state index contributed by atoms with van der Waals surface area (Å²) < 4.78 is 2.48. The fraction of sp³-hybridized carbons (Fsp3) is 0.600. The first-order valence-corrected chi connectivity index (χ1v) is 9.73. The van der Waals surface area contributed by atoms with Crippen molar-refractivity contribution in [3.63, 3.8) is 0 Å². The number of hydrogen-bond donors (Lipinski definition) is 0. The van der Waals surface area contributed by atoms with Crippen molar-refractivity contribution in [1.82, 2.24) is 14.5 Å². The number of hydrogen-bond acceptors (Lipinski definition) is 4. The van der Waals surface area contributed by atoms with Gasteiger partial charge >= 0.3 is 0 Å². The molecule has 0 bridgehead atoms. The summed E-state index contributed by atoms with van der Waals surface area (Å²) in [5.74, 6) is 6.96. The van der Waals surface area contributed by atoms with E-state index in [1.54, 1.807) is 0 Å². The first-order valence-electron chi connectivity index (χ1n) is 7.42. The van der Waals surface area contributed by atoms with Crippen molar-refractivity contribution in [1.29, 1.82) is 0 Å². The molecule has 0 spiro atoms. The lowest BCUT2D eigenvalue weighted by molar-refractivity contribution is 0.478. The van der Waals surface area contributed by atoms with Gasteiger partial charge in [0.15, 0.2) is 5.65 Å². The maximum absolute atomic E-state index is 4.95. The van der Waals surface area contributed by atoms with Crippen LogP contribution in [0.4, 0.5) is 0 Å². The van der Waals surface area contributed by atoms with Crippen LogP contribution in [0, 0.1) is 0 Å². The van der Waals surface area contributed by atoms with E-state index in [1.807, 2.05) is 12.3 Å². The molecule has 0 amide bonds. The number of nitrogens with zero attached hydrogens (tertiary/aromatic N) is 3. The molecule has 2 unspecified atom stereocenters. The highest BCUT2D eigenvalue weighted by Gasteiger charge is 2.28. The molecule has 0 radical (unpaired) electrons. The third-order valence-electron chi connectivity index (χ3n) is 4.27. The van der Waals surface area contributed by atoms with Gasteiger partial charge in [-0.2, -0.15) is 23.5 Å². The average molecular weight is 305 g/mol. The monoisotopic (exact) mass is 305 g/mol. The zero-order chi connectivity index (χ0) is 13.4. The summed E-state index contributed by atoms with van der Waals surface area (Å²) in [5.41, 5.74) is 2.18. The molecule has 2 aromatic heterocycles. The highest BCUT2D eigenvalue weighted by atomic mass is 32.2. The molecule has 2 saturated heterocycles. The van der Waals surface area contributed by atoms with Gasteiger partial charge in [0.25, 0.3) is 0 Å². The Hall–Kier alpha value is -0.680. The van der Waals surface area contributed by atoms with Gasteiger partial charge in [-0.1, -0.05) is 0 Å². The van der Waals surface area contributed by atoms with Crippen molar-refractivity contribution < 1.29 is 0 Å². The molecule has 4 rings (SSSR count). The lowest BCUT2D eigenvalue weighted by atomic mass is 10.1. The van der Waals surface area contributed by atoms with Crippen LogP contribution in [0.1, 0.15) is 37.0 Å². The summed E-state index contributed by atoms with van der Waals surface area (Å²) in [7, 11) is 0. The zero-order valence-corrected chi connectivity index (χ0v) is 13.1. The van der Waals surface area contributed by atoms with Crippen molar-refractivity contribution in [2.75, 3.05) is 23.0 Å². The van der Waals surface area contributed by atoms with Gasteiger partial charge in [0.05, 0.1) is 0 Å². The van der Waals surface area contributed by atoms with Crippen molar-refractivity contribution in [2.45, 2.75) is 31.2 Å². The summed E-state index contributed by atoms with van der Waals surface area (Å²) >= 11 is 4.14. The van der Waals surface area contributed by atoms with Crippen LogP contribution < -0.4 is 0 Å². The number of fused-ring (bicyclic) bond motifs is 1. The summed E-state index contributed by atoms with van der Waals surface area (Å²) in [4.78, 5) is 9.58. The molecule has 0 aliphatic carbocycles. The summed E-state index contributed by atoms with van der Waals surface area (Å²) in [6.45, 7) is 0. The van der Waals surface area contributed by atoms with Crippen molar-refractivity contribution >= 4 is 34.7 Å². The number of rotatable bonds is 2. The fourth-order valence-corrected chi connectivity index (χ4v) is 5.60.